The van der Waals surface area contributed by atoms with Crippen molar-refractivity contribution >= 4 is 7.85 Å². The summed E-state index contributed by atoms with van der Waals surface area (Å²) < 4.78 is 0. The zero-order valence-corrected chi connectivity index (χ0v) is 8.32. The van der Waals surface area contributed by atoms with Gasteiger partial charge in [-0.25, -0.2) is 0 Å². The molecule has 0 amide bonds. The number of hydrogen-bond donors (Lipinski definition) is 0. The molecule has 0 heterocycles. The van der Waals surface area contributed by atoms with E-state index < -0.39 is 0 Å². The van der Waals surface area contributed by atoms with E-state index in [2.05, 4.69) is 21.7 Å². The van der Waals surface area contributed by atoms with Crippen LogP contribution in [-0.2, 0) is 0 Å². The van der Waals surface area contributed by atoms with E-state index in [4.69, 9.17) is 0 Å². The van der Waals surface area contributed by atoms with Crippen molar-refractivity contribution in [3.8, 4) is 0 Å². The minimum atomic E-state index is 0.704. The monoisotopic (exact) mass is 152 g/mol. The maximum atomic E-state index is 2.49. The van der Waals surface area contributed by atoms with E-state index in [9.17, 15) is 0 Å². The summed E-state index contributed by atoms with van der Waals surface area (Å²) in [6, 6.07) is 0. The number of rotatable bonds is 3. The van der Waals surface area contributed by atoms with E-state index in [1.165, 1.54) is 38.5 Å². The Hall–Kier alpha value is 0.0649. The van der Waals surface area contributed by atoms with Gasteiger partial charge in [0.15, 0.2) is 0 Å². The van der Waals surface area contributed by atoms with Crippen LogP contribution in [0.5, 0.6) is 0 Å². The minimum absolute atomic E-state index is 0.704. The van der Waals surface area contributed by atoms with Gasteiger partial charge in [-0.2, -0.15) is 0 Å². The van der Waals surface area contributed by atoms with Crippen molar-refractivity contribution in [1.29, 1.82) is 0 Å². The fourth-order valence-electron chi connectivity index (χ4n) is 2.46. The van der Waals surface area contributed by atoms with E-state index >= 15 is 0 Å². The molecule has 0 aromatic heterocycles. The van der Waals surface area contributed by atoms with Crippen LogP contribution in [0, 0.1) is 5.92 Å². The lowest BCUT2D eigenvalue weighted by molar-refractivity contribution is 0.364. The third-order valence-electron chi connectivity index (χ3n) is 3.66. The molecular formula is C10H21B. The van der Waals surface area contributed by atoms with Crippen molar-refractivity contribution < 1.29 is 0 Å². The van der Waals surface area contributed by atoms with Crippen LogP contribution in [0.25, 0.3) is 0 Å². The Balaban J connectivity index is 2.42. The lowest BCUT2D eigenvalue weighted by atomic mass is 9.59. The lowest BCUT2D eigenvalue weighted by Crippen LogP contribution is -2.17. The van der Waals surface area contributed by atoms with Crippen LogP contribution in [-0.4, -0.2) is 7.85 Å². The highest BCUT2D eigenvalue weighted by atomic mass is 14.3. The first kappa shape index (κ1) is 9.16. The Morgan fingerprint density at radius 2 is 1.91 bits per heavy atom. The normalized spacial score (nSPS) is 25.3. The van der Waals surface area contributed by atoms with Crippen molar-refractivity contribution in [3.05, 3.63) is 0 Å². The van der Waals surface area contributed by atoms with Gasteiger partial charge < -0.3 is 0 Å². The Kier molecular flexibility index (Phi) is 3.03. The molecule has 64 valence electrons. The van der Waals surface area contributed by atoms with Crippen molar-refractivity contribution in [2.24, 2.45) is 5.92 Å². The average molecular weight is 152 g/mol. The van der Waals surface area contributed by atoms with Gasteiger partial charge in [-0.3, -0.25) is 0 Å². The molecule has 1 unspecified atom stereocenters. The van der Waals surface area contributed by atoms with Crippen molar-refractivity contribution in [2.45, 2.75) is 57.7 Å². The predicted molar refractivity (Wildman–Crippen MR) is 53.8 cm³/mol. The highest BCUT2D eigenvalue weighted by Crippen LogP contribution is 2.49. The molecule has 1 rings (SSSR count). The quantitative estimate of drug-likeness (QED) is 0.545. The molecule has 1 aliphatic rings. The largest absolute Gasteiger partial charge is 0.109 e. The second kappa shape index (κ2) is 3.64. The Labute approximate surface area is 72.2 Å². The average Bonchev–Trinajstić information content (AvgIpc) is 2.38. The molecule has 0 aromatic rings. The van der Waals surface area contributed by atoms with E-state index in [-0.39, 0.29) is 0 Å². The van der Waals surface area contributed by atoms with Gasteiger partial charge in [-0.1, -0.05) is 57.7 Å². The fraction of sp³-hybridized carbons (Fsp3) is 1.00. The fourth-order valence-corrected chi connectivity index (χ4v) is 2.46. The van der Waals surface area contributed by atoms with Crippen LogP contribution in [0.3, 0.4) is 0 Å². The second-order valence-electron chi connectivity index (χ2n) is 4.55. The molecule has 0 bridgehead atoms. The third kappa shape index (κ3) is 2.01. The summed E-state index contributed by atoms with van der Waals surface area (Å²) in [4.78, 5) is 0. The summed E-state index contributed by atoms with van der Waals surface area (Å²) in [7, 11) is 2.49. The first-order valence-electron chi connectivity index (χ1n) is 5.19. The topological polar surface area (TPSA) is 0 Å². The molecule has 0 aromatic carbocycles. The smallest absolute Gasteiger partial charge is 0.0654 e. The molecule has 0 radical (unpaired) electrons. The van der Waals surface area contributed by atoms with Crippen LogP contribution >= 0.6 is 0 Å². The molecule has 0 nitrogen and oxygen atoms in total. The standard InChI is InChI=1S/C10H21B/c1-3-6-9(2)10(11)7-4-5-8-10/h9H,3-8,11H2,1-2H3. The Morgan fingerprint density at radius 3 is 2.36 bits per heavy atom. The number of hydrogen-bond acceptors (Lipinski definition) is 0. The van der Waals surface area contributed by atoms with Crippen LogP contribution in [0.4, 0.5) is 0 Å². The molecule has 1 fully saturated rings. The Bertz CT molecular complexity index is 114. The second-order valence-corrected chi connectivity index (χ2v) is 4.55. The summed E-state index contributed by atoms with van der Waals surface area (Å²) >= 11 is 0. The summed E-state index contributed by atoms with van der Waals surface area (Å²) in [6.07, 6.45) is 8.70. The van der Waals surface area contributed by atoms with E-state index in [0.29, 0.717) is 5.31 Å². The summed E-state index contributed by atoms with van der Waals surface area (Å²) in [5, 5.41) is 0.704. The molecule has 1 atom stereocenters. The zero-order chi connectivity index (χ0) is 8.32. The van der Waals surface area contributed by atoms with Gasteiger partial charge in [0.2, 0.25) is 0 Å². The first-order valence-corrected chi connectivity index (χ1v) is 5.19. The highest BCUT2D eigenvalue weighted by molar-refractivity contribution is 6.15. The molecule has 0 aliphatic heterocycles. The van der Waals surface area contributed by atoms with Crippen molar-refractivity contribution in [3.63, 3.8) is 0 Å². The summed E-state index contributed by atoms with van der Waals surface area (Å²) in [6.45, 7) is 4.74. The van der Waals surface area contributed by atoms with Gasteiger partial charge in [0, 0.05) is 0 Å². The third-order valence-corrected chi connectivity index (χ3v) is 3.66. The zero-order valence-electron chi connectivity index (χ0n) is 8.32. The summed E-state index contributed by atoms with van der Waals surface area (Å²) in [5.74, 6) is 0.954. The van der Waals surface area contributed by atoms with Gasteiger partial charge in [0.05, 0.1) is 0 Å². The lowest BCUT2D eigenvalue weighted by Gasteiger charge is -2.31. The maximum Gasteiger partial charge on any atom is 0.109 e. The SMILES string of the molecule is BC1(C(C)CCC)CCCC1. The van der Waals surface area contributed by atoms with E-state index in [0.717, 1.165) is 5.92 Å². The van der Waals surface area contributed by atoms with Gasteiger partial charge in [0.25, 0.3) is 0 Å². The molecule has 1 heteroatoms. The maximum absolute atomic E-state index is 2.49. The van der Waals surface area contributed by atoms with E-state index in [1.54, 1.807) is 0 Å². The Morgan fingerprint density at radius 1 is 1.36 bits per heavy atom. The molecule has 1 aliphatic carbocycles. The van der Waals surface area contributed by atoms with Crippen LogP contribution in [0.15, 0.2) is 0 Å². The first-order chi connectivity index (χ1) is 5.19. The molecule has 1 saturated carbocycles. The van der Waals surface area contributed by atoms with Crippen LogP contribution < -0.4 is 0 Å². The molecule has 0 saturated heterocycles. The van der Waals surface area contributed by atoms with E-state index in [1.807, 2.05) is 0 Å². The van der Waals surface area contributed by atoms with Crippen molar-refractivity contribution in [1.82, 2.24) is 0 Å². The van der Waals surface area contributed by atoms with Crippen LogP contribution in [0.1, 0.15) is 52.4 Å². The highest BCUT2D eigenvalue weighted by Gasteiger charge is 2.33. The molecule has 0 N–H and O–H groups in total. The molecular weight excluding hydrogens is 131 g/mol. The van der Waals surface area contributed by atoms with Crippen molar-refractivity contribution in [2.75, 3.05) is 0 Å². The molecule has 11 heavy (non-hydrogen) atoms. The van der Waals surface area contributed by atoms with Gasteiger partial charge in [-0.05, 0) is 5.92 Å². The minimum Gasteiger partial charge on any atom is -0.0654 e. The predicted octanol–water partition coefficient (Wildman–Crippen LogP) is 2.79. The van der Waals surface area contributed by atoms with Gasteiger partial charge in [0.1, 0.15) is 7.85 Å². The molecule has 0 spiro atoms. The van der Waals surface area contributed by atoms with Gasteiger partial charge in [-0.15, -0.1) is 0 Å². The van der Waals surface area contributed by atoms with Crippen LogP contribution in [0.2, 0.25) is 5.31 Å². The van der Waals surface area contributed by atoms with Gasteiger partial charge >= 0.3 is 0 Å². The summed E-state index contributed by atoms with van der Waals surface area (Å²) in [5.41, 5.74) is 0.